The molecule has 4 rings (SSSR count). The first kappa shape index (κ1) is 20.6. The number of ether oxygens (including phenoxy) is 4. The van der Waals surface area contributed by atoms with E-state index >= 15 is 0 Å². The van der Waals surface area contributed by atoms with Crippen LogP contribution in [0.5, 0.6) is 23.0 Å². The molecule has 2 aromatic carbocycles. The highest BCUT2D eigenvalue weighted by atomic mass is 35.5. The van der Waals surface area contributed by atoms with E-state index in [-0.39, 0.29) is 18.5 Å². The molecule has 1 atom stereocenters. The summed E-state index contributed by atoms with van der Waals surface area (Å²) in [6, 6.07) is 14.1. The summed E-state index contributed by atoms with van der Waals surface area (Å²) in [7, 11) is 0. The summed E-state index contributed by atoms with van der Waals surface area (Å²) in [6.07, 6.45) is 4.32. The predicted molar refractivity (Wildman–Crippen MR) is 111 cm³/mol. The van der Waals surface area contributed by atoms with Crippen LogP contribution in [-0.4, -0.2) is 39.0 Å². The van der Waals surface area contributed by atoms with Crippen molar-refractivity contribution in [3.63, 3.8) is 0 Å². The molecular formula is C22H28ClNO4. The number of para-hydroxylation sites is 2. The van der Waals surface area contributed by atoms with Crippen molar-refractivity contribution in [2.75, 3.05) is 32.9 Å². The fourth-order valence-corrected chi connectivity index (χ4v) is 3.37. The number of aryl methyl sites for hydroxylation is 1. The Morgan fingerprint density at radius 3 is 2.54 bits per heavy atom. The minimum atomic E-state index is 0. The van der Waals surface area contributed by atoms with Gasteiger partial charge < -0.3 is 24.3 Å². The molecule has 0 amide bonds. The molecule has 6 heteroatoms. The zero-order valence-corrected chi connectivity index (χ0v) is 16.8. The van der Waals surface area contributed by atoms with Crippen LogP contribution in [0.25, 0.3) is 0 Å². The molecule has 1 unspecified atom stereocenters. The molecule has 0 saturated heterocycles. The second-order valence-electron chi connectivity index (χ2n) is 6.99. The highest BCUT2D eigenvalue weighted by Gasteiger charge is 2.19. The number of rotatable bonds is 7. The minimum Gasteiger partial charge on any atom is -0.490 e. The zero-order chi connectivity index (χ0) is 18.3. The zero-order valence-electron chi connectivity index (χ0n) is 16.0. The Hall–Kier alpha value is -2.11. The van der Waals surface area contributed by atoms with Gasteiger partial charge in [-0.05, 0) is 55.6 Å². The van der Waals surface area contributed by atoms with Gasteiger partial charge in [-0.3, -0.25) is 0 Å². The second kappa shape index (κ2) is 10.4. The van der Waals surface area contributed by atoms with Gasteiger partial charge in [0.05, 0.1) is 13.2 Å². The molecule has 5 nitrogen and oxygen atoms in total. The number of benzene rings is 2. The monoisotopic (exact) mass is 405 g/mol. The Bertz CT molecular complexity index is 755. The van der Waals surface area contributed by atoms with Gasteiger partial charge in [-0.1, -0.05) is 18.2 Å². The number of halogens is 1. The quantitative estimate of drug-likeness (QED) is 0.705. The maximum Gasteiger partial charge on any atom is 0.161 e. The molecule has 28 heavy (non-hydrogen) atoms. The predicted octanol–water partition coefficient (Wildman–Crippen LogP) is 4.02. The summed E-state index contributed by atoms with van der Waals surface area (Å²) >= 11 is 0. The van der Waals surface area contributed by atoms with E-state index in [1.165, 1.54) is 5.56 Å². The van der Waals surface area contributed by atoms with E-state index in [0.29, 0.717) is 6.61 Å². The van der Waals surface area contributed by atoms with Gasteiger partial charge in [0.1, 0.15) is 12.7 Å². The van der Waals surface area contributed by atoms with Crippen LogP contribution in [0.4, 0.5) is 0 Å². The molecular weight excluding hydrogens is 378 g/mol. The molecule has 0 saturated carbocycles. The minimum absolute atomic E-state index is 0. The van der Waals surface area contributed by atoms with Crippen molar-refractivity contribution >= 4 is 12.4 Å². The molecule has 152 valence electrons. The molecule has 1 N–H and O–H groups in total. The van der Waals surface area contributed by atoms with Gasteiger partial charge in [-0.15, -0.1) is 12.4 Å². The van der Waals surface area contributed by atoms with Gasteiger partial charge in [0, 0.05) is 13.0 Å². The summed E-state index contributed by atoms with van der Waals surface area (Å²) < 4.78 is 23.1. The number of fused-ring (bicyclic) bond motifs is 2. The highest BCUT2D eigenvalue weighted by Crippen LogP contribution is 2.31. The van der Waals surface area contributed by atoms with Crippen LogP contribution in [0.2, 0.25) is 0 Å². The van der Waals surface area contributed by atoms with Crippen LogP contribution in [0.1, 0.15) is 24.8 Å². The van der Waals surface area contributed by atoms with Crippen LogP contribution < -0.4 is 24.3 Å². The average Bonchev–Trinajstić information content (AvgIpc) is 2.95. The van der Waals surface area contributed by atoms with Crippen LogP contribution >= 0.6 is 12.4 Å². The van der Waals surface area contributed by atoms with Crippen LogP contribution in [-0.2, 0) is 6.42 Å². The third kappa shape index (κ3) is 5.46. The van der Waals surface area contributed by atoms with Crippen molar-refractivity contribution in [2.24, 2.45) is 0 Å². The van der Waals surface area contributed by atoms with E-state index in [1.54, 1.807) is 0 Å². The molecule has 0 fully saturated rings. The fraction of sp³-hybridized carbons (Fsp3) is 0.455. The van der Waals surface area contributed by atoms with Crippen LogP contribution in [0, 0.1) is 0 Å². The Balaban J connectivity index is 0.00000225. The largest absolute Gasteiger partial charge is 0.490 e. The maximum absolute atomic E-state index is 5.96. The van der Waals surface area contributed by atoms with Gasteiger partial charge in [0.25, 0.3) is 0 Å². The first-order valence-corrected chi connectivity index (χ1v) is 9.86. The van der Waals surface area contributed by atoms with Crippen molar-refractivity contribution in [2.45, 2.75) is 31.8 Å². The Morgan fingerprint density at radius 2 is 1.64 bits per heavy atom. The third-order valence-corrected chi connectivity index (χ3v) is 4.82. The number of hydrogen-bond acceptors (Lipinski definition) is 5. The van der Waals surface area contributed by atoms with Crippen molar-refractivity contribution < 1.29 is 18.9 Å². The molecule has 0 spiro atoms. The number of unbranched alkanes of at least 4 members (excludes halogenated alkanes) is 1. The Labute approximate surface area is 172 Å². The van der Waals surface area contributed by atoms with E-state index in [0.717, 1.165) is 75.0 Å². The number of hydrogen-bond donors (Lipinski definition) is 1. The first-order chi connectivity index (χ1) is 13.4. The lowest BCUT2D eigenvalue weighted by Crippen LogP contribution is -2.38. The molecule has 0 radical (unpaired) electrons. The van der Waals surface area contributed by atoms with Gasteiger partial charge >= 0.3 is 0 Å². The smallest absolute Gasteiger partial charge is 0.161 e. The van der Waals surface area contributed by atoms with Crippen molar-refractivity contribution in [1.82, 2.24) is 5.32 Å². The molecule has 2 heterocycles. The molecule has 2 aliphatic heterocycles. The average molecular weight is 406 g/mol. The summed E-state index contributed by atoms with van der Waals surface area (Å²) in [4.78, 5) is 0. The highest BCUT2D eigenvalue weighted by molar-refractivity contribution is 5.85. The first-order valence-electron chi connectivity index (χ1n) is 9.86. The van der Waals surface area contributed by atoms with E-state index in [4.69, 9.17) is 18.9 Å². The van der Waals surface area contributed by atoms with Crippen molar-refractivity contribution in [3.05, 3.63) is 48.0 Å². The lowest BCUT2D eigenvalue weighted by atomic mass is 10.1. The fourth-order valence-electron chi connectivity index (χ4n) is 3.37. The molecule has 0 aromatic heterocycles. The third-order valence-electron chi connectivity index (χ3n) is 4.82. The van der Waals surface area contributed by atoms with Crippen LogP contribution in [0.3, 0.4) is 0 Å². The number of nitrogens with one attached hydrogen (secondary N) is 1. The summed E-state index contributed by atoms with van der Waals surface area (Å²) in [5.74, 6) is 3.43. The molecule has 2 aromatic rings. The van der Waals surface area contributed by atoms with Gasteiger partial charge in [0.2, 0.25) is 0 Å². The van der Waals surface area contributed by atoms with Gasteiger partial charge in [-0.25, -0.2) is 0 Å². The van der Waals surface area contributed by atoms with Crippen LogP contribution in [0.15, 0.2) is 42.5 Å². The summed E-state index contributed by atoms with van der Waals surface area (Å²) in [5, 5.41) is 3.48. The Kier molecular flexibility index (Phi) is 7.69. The van der Waals surface area contributed by atoms with E-state index < -0.39 is 0 Å². The van der Waals surface area contributed by atoms with E-state index in [9.17, 15) is 0 Å². The molecule has 0 bridgehead atoms. The lowest BCUT2D eigenvalue weighted by molar-refractivity contribution is 0.0905. The normalized spacial score (nSPS) is 17.4. The van der Waals surface area contributed by atoms with Crippen molar-refractivity contribution in [1.29, 1.82) is 0 Å². The SMILES string of the molecule is Cl.c1ccc2c(c1)OCC(CNCCCCc1ccc3c(c1)OCCCO3)O2. The van der Waals surface area contributed by atoms with Gasteiger partial charge in [0.15, 0.2) is 23.0 Å². The van der Waals surface area contributed by atoms with E-state index in [1.807, 2.05) is 30.3 Å². The van der Waals surface area contributed by atoms with E-state index in [2.05, 4.69) is 17.4 Å². The summed E-state index contributed by atoms with van der Waals surface area (Å²) in [5.41, 5.74) is 1.31. The van der Waals surface area contributed by atoms with Crippen molar-refractivity contribution in [3.8, 4) is 23.0 Å². The molecule has 2 aliphatic rings. The summed E-state index contributed by atoms with van der Waals surface area (Å²) in [6.45, 7) is 3.85. The Morgan fingerprint density at radius 1 is 0.857 bits per heavy atom. The van der Waals surface area contributed by atoms with Gasteiger partial charge in [-0.2, -0.15) is 0 Å². The molecule has 0 aliphatic carbocycles. The maximum atomic E-state index is 5.96. The topological polar surface area (TPSA) is 49.0 Å². The standard InChI is InChI=1S/C22H27NO4.ClH/c1-2-8-21-19(7-1)26-16-18(27-21)15-23-11-4-3-6-17-9-10-20-22(14-17)25-13-5-12-24-20;/h1-2,7-10,14,18,23H,3-6,11-13,15-16H2;1H. The lowest BCUT2D eigenvalue weighted by Gasteiger charge is -2.26. The second-order valence-corrected chi connectivity index (χ2v) is 6.99.